The predicted molar refractivity (Wildman–Crippen MR) is 159 cm³/mol. The molecule has 0 saturated carbocycles. The first-order valence-electron chi connectivity index (χ1n) is 13.7. The van der Waals surface area contributed by atoms with E-state index in [1.54, 1.807) is 18.0 Å². The quantitative estimate of drug-likeness (QED) is 0.161. The highest BCUT2D eigenvalue weighted by Gasteiger charge is 2.48. The van der Waals surface area contributed by atoms with Crippen LogP contribution < -0.4 is 5.32 Å². The molecule has 6 rings (SSSR count). The zero-order valence-corrected chi connectivity index (χ0v) is 24.5. The third kappa shape index (κ3) is 5.43. The molecule has 1 aliphatic heterocycles. The normalized spacial score (nSPS) is 20.8. The SMILES string of the molecule is CO[C@@H]1[C@H](OC)[C@@H](CO[P+](=O)O)O[C@H]1n1cnc2c(NC(c3ccccc3)(c3ccccc3)c3ccccc3)ncnc21. The molecule has 2 N–H and O–H groups in total. The highest BCUT2D eigenvalue weighted by atomic mass is 31.1. The van der Waals surface area contributed by atoms with Crippen LogP contribution in [0.2, 0.25) is 0 Å². The molecule has 0 aliphatic carbocycles. The van der Waals surface area contributed by atoms with Crippen LogP contribution in [0.3, 0.4) is 0 Å². The van der Waals surface area contributed by atoms with E-state index in [9.17, 15) is 9.46 Å². The molecule has 3 aromatic carbocycles. The summed E-state index contributed by atoms with van der Waals surface area (Å²) in [5.41, 5.74) is 3.27. The molecule has 220 valence electrons. The van der Waals surface area contributed by atoms with Crippen molar-refractivity contribution in [2.24, 2.45) is 0 Å². The Morgan fingerprint density at radius 3 is 1.93 bits per heavy atom. The molecule has 0 spiro atoms. The second-order valence-corrected chi connectivity index (χ2v) is 10.8. The van der Waals surface area contributed by atoms with Crippen molar-refractivity contribution in [1.82, 2.24) is 19.5 Å². The van der Waals surface area contributed by atoms with Crippen molar-refractivity contribution in [2.75, 3.05) is 26.1 Å². The van der Waals surface area contributed by atoms with Gasteiger partial charge in [0.1, 0.15) is 36.8 Å². The summed E-state index contributed by atoms with van der Waals surface area (Å²) >= 11 is 0. The number of nitrogens with zero attached hydrogens (tertiary/aromatic N) is 4. The molecule has 1 saturated heterocycles. The van der Waals surface area contributed by atoms with Gasteiger partial charge in [0.15, 0.2) is 23.2 Å². The molecular formula is C31H31N5O6P+. The van der Waals surface area contributed by atoms with Crippen LogP contribution in [0.15, 0.2) is 104 Å². The fourth-order valence-electron chi connectivity index (χ4n) is 5.83. The average molecular weight is 601 g/mol. The fraction of sp³-hybridized carbons (Fsp3) is 0.258. The number of hydrogen-bond donors (Lipinski definition) is 2. The van der Waals surface area contributed by atoms with E-state index in [-0.39, 0.29) is 6.61 Å². The number of hydrogen-bond acceptors (Lipinski definition) is 9. The van der Waals surface area contributed by atoms with Crippen LogP contribution in [0.5, 0.6) is 0 Å². The minimum atomic E-state index is -2.80. The van der Waals surface area contributed by atoms with Crippen LogP contribution in [0, 0.1) is 0 Å². The molecule has 1 aliphatic rings. The van der Waals surface area contributed by atoms with Gasteiger partial charge >= 0.3 is 8.25 Å². The number of nitrogens with one attached hydrogen (secondary N) is 1. The summed E-state index contributed by atoms with van der Waals surface area (Å²) in [5, 5.41) is 3.77. The maximum absolute atomic E-state index is 11.2. The number of methoxy groups -OCH3 is 2. The summed E-state index contributed by atoms with van der Waals surface area (Å²) in [6.45, 7) is -0.150. The maximum Gasteiger partial charge on any atom is 0.694 e. The molecule has 3 heterocycles. The van der Waals surface area contributed by atoms with Gasteiger partial charge in [-0.15, -0.1) is 9.42 Å². The van der Waals surface area contributed by atoms with E-state index >= 15 is 0 Å². The predicted octanol–water partition coefficient (Wildman–Crippen LogP) is 4.82. The molecule has 12 heteroatoms. The number of imidazole rings is 1. The van der Waals surface area contributed by atoms with E-state index in [4.69, 9.17) is 23.7 Å². The van der Waals surface area contributed by atoms with Crippen molar-refractivity contribution < 1.29 is 28.2 Å². The van der Waals surface area contributed by atoms with Gasteiger partial charge in [-0.3, -0.25) is 4.57 Å². The van der Waals surface area contributed by atoms with Gasteiger partial charge in [0.25, 0.3) is 0 Å². The second kappa shape index (κ2) is 12.6. The van der Waals surface area contributed by atoms with Crippen molar-refractivity contribution in [3.63, 3.8) is 0 Å². The smallest absolute Gasteiger partial charge is 0.376 e. The van der Waals surface area contributed by atoms with Crippen molar-refractivity contribution in [3.8, 4) is 0 Å². The third-order valence-corrected chi connectivity index (χ3v) is 8.11. The fourth-order valence-corrected chi connectivity index (χ4v) is 6.10. The second-order valence-electron chi connectivity index (χ2n) is 10.0. The lowest BCUT2D eigenvalue weighted by Gasteiger charge is -2.37. The molecule has 5 aromatic rings. The van der Waals surface area contributed by atoms with E-state index in [1.807, 2.05) is 54.6 Å². The number of anilines is 1. The van der Waals surface area contributed by atoms with Gasteiger partial charge in [0.2, 0.25) is 0 Å². The number of benzene rings is 3. The summed E-state index contributed by atoms with van der Waals surface area (Å²) in [6.07, 6.45) is 0.606. The summed E-state index contributed by atoms with van der Waals surface area (Å²) in [7, 11) is 0.285. The lowest BCUT2D eigenvalue weighted by molar-refractivity contribution is -0.0561. The largest absolute Gasteiger partial charge is 0.694 e. The van der Waals surface area contributed by atoms with Gasteiger partial charge < -0.3 is 19.5 Å². The maximum atomic E-state index is 11.2. The van der Waals surface area contributed by atoms with Crippen molar-refractivity contribution in [1.29, 1.82) is 0 Å². The van der Waals surface area contributed by atoms with Crippen LogP contribution >= 0.6 is 8.25 Å². The number of rotatable bonds is 11. The molecule has 1 unspecified atom stereocenters. The van der Waals surface area contributed by atoms with Gasteiger partial charge in [-0.2, -0.15) is 0 Å². The minimum absolute atomic E-state index is 0.150. The van der Waals surface area contributed by atoms with Crippen LogP contribution in [-0.4, -0.2) is 63.6 Å². The Balaban J connectivity index is 1.46. The van der Waals surface area contributed by atoms with Gasteiger partial charge in [0.05, 0.1) is 6.33 Å². The van der Waals surface area contributed by atoms with Crippen LogP contribution in [-0.2, 0) is 28.8 Å². The van der Waals surface area contributed by atoms with Gasteiger partial charge in [-0.05, 0) is 16.7 Å². The molecular weight excluding hydrogens is 569 g/mol. The van der Waals surface area contributed by atoms with Crippen molar-refractivity contribution in [2.45, 2.75) is 30.1 Å². The van der Waals surface area contributed by atoms with Gasteiger partial charge in [-0.25, -0.2) is 15.0 Å². The molecule has 1 fully saturated rings. The van der Waals surface area contributed by atoms with Crippen LogP contribution in [0.4, 0.5) is 5.82 Å². The van der Waals surface area contributed by atoms with Crippen LogP contribution in [0.25, 0.3) is 11.2 Å². The summed E-state index contributed by atoms with van der Waals surface area (Å²) in [5.74, 6) is 0.521. The van der Waals surface area contributed by atoms with Gasteiger partial charge in [-0.1, -0.05) is 91.0 Å². The molecule has 11 nitrogen and oxygen atoms in total. The van der Waals surface area contributed by atoms with E-state index in [2.05, 4.69) is 51.7 Å². The Labute approximate surface area is 249 Å². The van der Waals surface area contributed by atoms with E-state index in [0.717, 1.165) is 16.7 Å². The first-order chi connectivity index (χ1) is 21.1. The molecule has 43 heavy (non-hydrogen) atoms. The Morgan fingerprint density at radius 1 is 0.860 bits per heavy atom. The zero-order chi connectivity index (χ0) is 29.8. The average Bonchev–Trinajstić information content (AvgIpc) is 3.65. The Hall–Kier alpha value is -4.09. The lowest BCUT2D eigenvalue weighted by Crippen LogP contribution is -2.38. The number of ether oxygens (including phenoxy) is 3. The molecule has 0 radical (unpaired) electrons. The van der Waals surface area contributed by atoms with E-state index in [1.165, 1.54) is 13.4 Å². The standard InChI is InChI=1S/C31H30N5O6P/c1-39-26-24(18-41-43(37)38)42-30(27(26)40-2)36-20-34-25-28(32-19-33-29(25)36)35-31(21-12-6-3-7-13-21,22-14-8-4-9-15-22)23-16-10-5-11-17-23/h3-17,19-20,24,26-27,30H,18H2,1-2H3,(H-,32,33,35,37,38)/p+1/t24-,26-,27-,30-/m1/s1. The first-order valence-corrected chi connectivity index (χ1v) is 14.8. The topological polar surface area (TPSA) is 130 Å². The van der Waals surface area contributed by atoms with E-state index in [0.29, 0.717) is 17.0 Å². The van der Waals surface area contributed by atoms with E-state index < -0.39 is 38.3 Å². The summed E-state index contributed by atoms with van der Waals surface area (Å²) in [6, 6.07) is 30.6. The van der Waals surface area contributed by atoms with Gasteiger partial charge in [0, 0.05) is 18.8 Å². The number of fused-ring (bicyclic) bond motifs is 1. The zero-order valence-electron chi connectivity index (χ0n) is 23.6. The molecule has 5 atom stereocenters. The Morgan fingerprint density at radius 2 is 1.42 bits per heavy atom. The molecule has 2 aromatic heterocycles. The lowest BCUT2D eigenvalue weighted by atomic mass is 9.77. The van der Waals surface area contributed by atoms with Crippen LogP contribution in [0.1, 0.15) is 22.9 Å². The summed E-state index contributed by atoms with van der Waals surface area (Å²) < 4.78 is 35.6. The minimum Gasteiger partial charge on any atom is -0.376 e. The Bertz CT molecular complexity index is 1580. The number of aromatic nitrogens is 4. The monoisotopic (exact) mass is 600 g/mol. The van der Waals surface area contributed by atoms with Crippen molar-refractivity contribution in [3.05, 3.63) is 120 Å². The highest BCUT2D eigenvalue weighted by molar-refractivity contribution is 7.32. The van der Waals surface area contributed by atoms with Crippen molar-refractivity contribution >= 4 is 25.2 Å². The molecule has 0 bridgehead atoms. The molecule has 0 amide bonds. The first kappa shape index (κ1) is 29.0. The Kier molecular flexibility index (Phi) is 8.53. The third-order valence-electron chi connectivity index (χ3n) is 7.74. The highest BCUT2D eigenvalue weighted by Crippen LogP contribution is 2.41. The summed E-state index contributed by atoms with van der Waals surface area (Å²) in [4.78, 5) is 23.1.